The van der Waals surface area contributed by atoms with Gasteiger partial charge in [-0.05, 0) is 42.5 Å². The lowest BCUT2D eigenvalue weighted by molar-refractivity contribution is 0.462. The van der Waals surface area contributed by atoms with Crippen LogP contribution in [0.2, 0.25) is 5.02 Å². The van der Waals surface area contributed by atoms with Crippen LogP contribution in [0.5, 0.6) is 0 Å². The second-order valence-electron chi connectivity index (χ2n) is 4.97. The van der Waals surface area contributed by atoms with Crippen molar-refractivity contribution in [3.63, 3.8) is 0 Å². The number of hydrogen-bond acceptors (Lipinski definition) is 3. The molecule has 0 saturated carbocycles. The summed E-state index contributed by atoms with van der Waals surface area (Å²) in [5.74, 6) is 0.241. The summed E-state index contributed by atoms with van der Waals surface area (Å²) in [4.78, 5) is 8.55. The number of halogens is 1. The number of rotatable bonds is 2. The highest BCUT2D eigenvalue weighted by Gasteiger charge is 2.28. The molecule has 3 nitrogen and oxygen atoms in total. The molecule has 0 radical (unpaired) electrons. The maximum Gasteiger partial charge on any atom is 0.0637 e. The predicted octanol–water partition coefficient (Wildman–Crippen LogP) is 3.25. The Balaban J connectivity index is 1.98. The average molecular weight is 274 g/mol. The highest BCUT2D eigenvalue weighted by atomic mass is 35.5. The quantitative estimate of drug-likeness (QED) is 0.914. The van der Waals surface area contributed by atoms with Gasteiger partial charge < -0.3 is 5.73 Å². The fourth-order valence-corrected chi connectivity index (χ4v) is 3.11. The van der Waals surface area contributed by atoms with Crippen LogP contribution in [0.3, 0.4) is 0 Å². The van der Waals surface area contributed by atoms with E-state index in [1.54, 1.807) is 12.4 Å². The number of nitrogens with two attached hydrogens (primary N) is 1. The largest absolute Gasteiger partial charge is 0.323 e. The molecule has 19 heavy (non-hydrogen) atoms. The first-order valence-electron chi connectivity index (χ1n) is 6.56. The van der Waals surface area contributed by atoms with Crippen molar-refractivity contribution in [3.8, 4) is 0 Å². The van der Waals surface area contributed by atoms with E-state index in [0.717, 1.165) is 30.5 Å². The third-order valence-electron chi connectivity index (χ3n) is 3.83. The van der Waals surface area contributed by atoms with Gasteiger partial charge in [0.1, 0.15) is 0 Å². The van der Waals surface area contributed by atoms with E-state index in [-0.39, 0.29) is 12.0 Å². The highest BCUT2D eigenvalue weighted by molar-refractivity contribution is 6.31. The van der Waals surface area contributed by atoms with Crippen LogP contribution in [0.15, 0.2) is 36.8 Å². The van der Waals surface area contributed by atoms with E-state index in [1.807, 2.05) is 18.3 Å². The fourth-order valence-electron chi connectivity index (χ4n) is 2.87. The molecule has 4 heteroatoms. The summed E-state index contributed by atoms with van der Waals surface area (Å²) < 4.78 is 0. The smallest absolute Gasteiger partial charge is 0.0637 e. The van der Waals surface area contributed by atoms with Gasteiger partial charge in [0.05, 0.1) is 5.02 Å². The molecule has 0 fully saturated rings. The van der Waals surface area contributed by atoms with Crippen molar-refractivity contribution in [1.82, 2.24) is 9.97 Å². The second kappa shape index (κ2) is 5.27. The summed E-state index contributed by atoms with van der Waals surface area (Å²) in [6, 6.07) is 5.93. The summed E-state index contributed by atoms with van der Waals surface area (Å²) in [6.45, 7) is 0. The van der Waals surface area contributed by atoms with E-state index >= 15 is 0 Å². The molecule has 2 unspecified atom stereocenters. The van der Waals surface area contributed by atoms with Crippen molar-refractivity contribution < 1.29 is 0 Å². The Morgan fingerprint density at radius 3 is 3.05 bits per heavy atom. The molecule has 2 aromatic heterocycles. The normalized spacial score (nSPS) is 19.8. The molecular formula is C15H16ClN3. The monoisotopic (exact) mass is 273 g/mol. The van der Waals surface area contributed by atoms with Crippen LogP contribution in [-0.4, -0.2) is 9.97 Å². The minimum absolute atomic E-state index is 0.121. The van der Waals surface area contributed by atoms with Crippen molar-refractivity contribution >= 4 is 11.6 Å². The van der Waals surface area contributed by atoms with Gasteiger partial charge in [-0.2, -0.15) is 0 Å². The van der Waals surface area contributed by atoms with Crippen LogP contribution in [0, 0.1) is 0 Å². The Morgan fingerprint density at radius 2 is 2.21 bits per heavy atom. The van der Waals surface area contributed by atoms with Gasteiger partial charge in [0.15, 0.2) is 0 Å². The molecule has 2 atom stereocenters. The molecule has 2 heterocycles. The Labute approximate surface area is 117 Å². The molecule has 98 valence electrons. The molecular weight excluding hydrogens is 258 g/mol. The Kier molecular flexibility index (Phi) is 3.49. The van der Waals surface area contributed by atoms with Crippen molar-refractivity contribution in [2.45, 2.75) is 31.2 Å². The third kappa shape index (κ3) is 2.36. The zero-order valence-electron chi connectivity index (χ0n) is 10.6. The lowest BCUT2D eigenvalue weighted by atomic mass is 9.80. The lowest BCUT2D eigenvalue weighted by Crippen LogP contribution is -2.24. The third-order valence-corrected chi connectivity index (χ3v) is 4.15. The lowest BCUT2D eigenvalue weighted by Gasteiger charge is -2.29. The molecule has 2 aromatic rings. The predicted molar refractivity (Wildman–Crippen MR) is 76.1 cm³/mol. The SMILES string of the molecule is NC(c1ccncc1Cl)C1CCCc2cccnc21. The van der Waals surface area contributed by atoms with E-state index in [2.05, 4.69) is 16.0 Å². The van der Waals surface area contributed by atoms with Crippen molar-refractivity contribution in [2.75, 3.05) is 0 Å². The molecule has 0 aromatic carbocycles. The standard InChI is InChI=1S/C15H16ClN3/c16-13-9-18-8-6-11(13)14(17)12-5-1-3-10-4-2-7-19-15(10)12/h2,4,6-9,12,14H,1,3,5,17H2. The number of nitrogens with zero attached hydrogens (tertiary/aromatic N) is 2. The van der Waals surface area contributed by atoms with E-state index in [4.69, 9.17) is 17.3 Å². The summed E-state index contributed by atoms with van der Waals surface area (Å²) in [5.41, 5.74) is 9.84. The molecule has 0 bridgehead atoms. The first-order valence-corrected chi connectivity index (χ1v) is 6.94. The summed E-state index contributed by atoms with van der Waals surface area (Å²) in [5, 5.41) is 0.637. The highest BCUT2D eigenvalue weighted by Crippen LogP contribution is 2.39. The summed E-state index contributed by atoms with van der Waals surface area (Å²) in [6.07, 6.45) is 8.54. The Hall–Kier alpha value is -1.45. The van der Waals surface area contributed by atoms with Crippen molar-refractivity contribution in [2.24, 2.45) is 5.73 Å². The van der Waals surface area contributed by atoms with Crippen LogP contribution >= 0.6 is 11.6 Å². The van der Waals surface area contributed by atoms with E-state index in [9.17, 15) is 0 Å². The molecule has 0 aliphatic heterocycles. The van der Waals surface area contributed by atoms with E-state index in [0.29, 0.717) is 5.02 Å². The van der Waals surface area contributed by atoms with Crippen molar-refractivity contribution in [3.05, 3.63) is 58.6 Å². The van der Waals surface area contributed by atoms with E-state index in [1.165, 1.54) is 5.56 Å². The molecule has 0 spiro atoms. The first kappa shape index (κ1) is 12.6. The summed E-state index contributed by atoms with van der Waals surface area (Å²) >= 11 is 6.20. The minimum Gasteiger partial charge on any atom is -0.323 e. The van der Waals surface area contributed by atoms with Crippen LogP contribution < -0.4 is 5.73 Å². The van der Waals surface area contributed by atoms with Gasteiger partial charge in [-0.1, -0.05) is 17.7 Å². The molecule has 2 N–H and O–H groups in total. The number of fused-ring (bicyclic) bond motifs is 1. The maximum atomic E-state index is 6.43. The van der Waals surface area contributed by atoms with Crippen LogP contribution in [0.1, 0.15) is 41.6 Å². The zero-order valence-corrected chi connectivity index (χ0v) is 11.3. The molecule has 1 aliphatic rings. The van der Waals surface area contributed by atoms with Gasteiger partial charge in [0, 0.05) is 36.2 Å². The van der Waals surface area contributed by atoms with Crippen LogP contribution in [0.25, 0.3) is 0 Å². The number of aryl methyl sites for hydroxylation is 1. The first-order chi connectivity index (χ1) is 9.27. The van der Waals surface area contributed by atoms with Crippen LogP contribution in [0.4, 0.5) is 0 Å². The van der Waals surface area contributed by atoms with Gasteiger partial charge in [0.2, 0.25) is 0 Å². The van der Waals surface area contributed by atoms with Crippen molar-refractivity contribution in [1.29, 1.82) is 0 Å². The van der Waals surface area contributed by atoms with Gasteiger partial charge in [-0.25, -0.2) is 0 Å². The molecule has 0 amide bonds. The topological polar surface area (TPSA) is 51.8 Å². The zero-order chi connectivity index (χ0) is 13.2. The number of hydrogen-bond donors (Lipinski definition) is 1. The minimum atomic E-state index is -0.121. The average Bonchev–Trinajstić information content (AvgIpc) is 2.46. The van der Waals surface area contributed by atoms with Gasteiger partial charge in [0.25, 0.3) is 0 Å². The number of pyridine rings is 2. The molecule has 0 saturated heterocycles. The van der Waals surface area contributed by atoms with Gasteiger partial charge in [-0.15, -0.1) is 0 Å². The van der Waals surface area contributed by atoms with Crippen LogP contribution in [-0.2, 0) is 6.42 Å². The molecule has 3 rings (SSSR count). The fraction of sp³-hybridized carbons (Fsp3) is 0.333. The van der Waals surface area contributed by atoms with Gasteiger partial charge >= 0.3 is 0 Å². The second-order valence-corrected chi connectivity index (χ2v) is 5.38. The van der Waals surface area contributed by atoms with Gasteiger partial charge in [-0.3, -0.25) is 9.97 Å². The number of aromatic nitrogens is 2. The molecule has 1 aliphatic carbocycles. The summed E-state index contributed by atoms with van der Waals surface area (Å²) in [7, 11) is 0. The maximum absolute atomic E-state index is 6.43. The Bertz CT molecular complexity index is 585. The Morgan fingerprint density at radius 1 is 1.32 bits per heavy atom. The van der Waals surface area contributed by atoms with E-state index < -0.39 is 0 Å².